The van der Waals surface area contributed by atoms with Crippen LogP contribution in [0.25, 0.3) is 0 Å². The lowest BCUT2D eigenvalue weighted by molar-refractivity contribution is -0.117. The third-order valence-corrected chi connectivity index (χ3v) is 3.63. The Balaban J connectivity index is 2.34. The van der Waals surface area contributed by atoms with Crippen LogP contribution in [0, 0.1) is 5.92 Å². The lowest BCUT2D eigenvalue weighted by Gasteiger charge is -2.27. The zero-order valence-electron chi connectivity index (χ0n) is 13.0. The minimum atomic E-state index is -0.351. The van der Waals surface area contributed by atoms with E-state index in [1.807, 2.05) is 13.8 Å². The minimum Gasteiger partial charge on any atom is -0.507 e. The quantitative estimate of drug-likeness (QED) is 0.580. The molecule has 0 spiro atoms. The van der Waals surface area contributed by atoms with E-state index < -0.39 is 0 Å². The van der Waals surface area contributed by atoms with Gasteiger partial charge >= 0.3 is 0 Å². The number of carbonyl (C=O) groups excluding carboxylic acids is 1. The molecule has 21 heavy (non-hydrogen) atoms. The average Bonchev–Trinajstić information content (AvgIpc) is 3.16. The number of epoxide rings is 1. The van der Waals surface area contributed by atoms with E-state index in [1.54, 1.807) is 11.8 Å². The van der Waals surface area contributed by atoms with E-state index in [4.69, 9.17) is 9.47 Å². The van der Waals surface area contributed by atoms with Gasteiger partial charge < -0.3 is 19.9 Å². The molecule has 2 N–H and O–H groups in total. The number of aliphatic hydroxyl groups is 1. The van der Waals surface area contributed by atoms with Gasteiger partial charge in [-0.25, -0.2) is 0 Å². The predicted molar refractivity (Wildman–Crippen MR) is 77.8 cm³/mol. The zero-order chi connectivity index (χ0) is 15.6. The number of hydrogen-bond acceptors (Lipinski definition) is 5. The van der Waals surface area contributed by atoms with E-state index in [9.17, 15) is 9.90 Å². The lowest BCUT2D eigenvalue weighted by Crippen LogP contribution is -2.31. The Hall–Kier alpha value is -1.69. The van der Waals surface area contributed by atoms with Crippen LogP contribution < -0.4 is 5.32 Å². The van der Waals surface area contributed by atoms with Crippen LogP contribution in [0.1, 0.15) is 40.5 Å². The third kappa shape index (κ3) is 3.32. The molecule has 0 bridgehead atoms. The van der Waals surface area contributed by atoms with Crippen molar-refractivity contribution in [3.63, 3.8) is 0 Å². The number of rotatable bonds is 6. The first-order valence-corrected chi connectivity index (χ1v) is 7.49. The Morgan fingerprint density at radius 2 is 2.29 bits per heavy atom. The fourth-order valence-electron chi connectivity index (χ4n) is 2.51. The highest BCUT2D eigenvalue weighted by Crippen LogP contribution is 2.35. The van der Waals surface area contributed by atoms with E-state index in [0.717, 1.165) is 12.8 Å². The molecule has 6 heteroatoms. The van der Waals surface area contributed by atoms with Crippen LogP contribution in [-0.4, -0.2) is 35.0 Å². The molecule has 2 aliphatic heterocycles. The van der Waals surface area contributed by atoms with Crippen LogP contribution >= 0.6 is 0 Å². The first-order chi connectivity index (χ1) is 9.99. The molecule has 0 aromatic rings. The molecule has 3 unspecified atom stereocenters. The summed E-state index contributed by atoms with van der Waals surface area (Å²) in [5.74, 6) is 0.388. The van der Waals surface area contributed by atoms with Crippen LogP contribution in [0.15, 0.2) is 23.4 Å². The van der Waals surface area contributed by atoms with Crippen LogP contribution in [0.3, 0.4) is 0 Å². The van der Waals surface area contributed by atoms with Crippen molar-refractivity contribution in [1.82, 2.24) is 10.2 Å². The van der Waals surface area contributed by atoms with E-state index in [1.165, 1.54) is 6.08 Å². The molecule has 6 nitrogen and oxygen atoms in total. The molecule has 2 aliphatic rings. The second-order valence-corrected chi connectivity index (χ2v) is 5.42. The summed E-state index contributed by atoms with van der Waals surface area (Å²) in [6.07, 6.45) is 2.67. The Bertz CT molecular complexity index is 472. The number of carbonyl (C=O) groups is 1. The summed E-state index contributed by atoms with van der Waals surface area (Å²) in [6.45, 7) is 8.14. The van der Waals surface area contributed by atoms with E-state index in [-0.39, 0.29) is 30.0 Å². The Morgan fingerprint density at radius 1 is 1.57 bits per heavy atom. The molecular weight excluding hydrogens is 272 g/mol. The second kappa shape index (κ2) is 6.39. The second-order valence-electron chi connectivity index (χ2n) is 5.42. The van der Waals surface area contributed by atoms with Gasteiger partial charge in [-0.15, -0.1) is 0 Å². The summed E-state index contributed by atoms with van der Waals surface area (Å²) >= 11 is 0. The van der Waals surface area contributed by atoms with Crippen LogP contribution in [0.5, 0.6) is 0 Å². The zero-order valence-corrected chi connectivity index (χ0v) is 13.0. The largest absolute Gasteiger partial charge is 0.507 e. The summed E-state index contributed by atoms with van der Waals surface area (Å²) in [5.41, 5.74) is 0.691. The molecule has 0 aromatic heterocycles. The Morgan fingerprint density at radius 3 is 2.90 bits per heavy atom. The summed E-state index contributed by atoms with van der Waals surface area (Å²) in [6, 6.07) is 0. The topological polar surface area (TPSA) is 74.3 Å². The van der Waals surface area contributed by atoms with Crippen molar-refractivity contribution < 1.29 is 19.4 Å². The summed E-state index contributed by atoms with van der Waals surface area (Å²) in [5, 5.41) is 13.3. The van der Waals surface area contributed by atoms with E-state index in [0.29, 0.717) is 18.2 Å². The standard InChI is InChI=1S/C15H24N2O4/c1-5-7-9(3)12(19)14(20-6-2)17-10(4)8-11(18)16-13-15(17)21-13/h8-9,13,15,19H,5-7H2,1-4H3,(H,16,18)/b14-12+. The third-order valence-electron chi connectivity index (χ3n) is 3.63. The SMILES string of the molecule is CCCC(C)/C(O)=C(\OCC)N1C(C)=CC(=O)NC2OC21. The van der Waals surface area contributed by atoms with Crippen molar-refractivity contribution in [3.8, 4) is 0 Å². The number of amides is 1. The van der Waals surface area contributed by atoms with Crippen LogP contribution in [-0.2, 0) is 14.3 Å². The number of fused-ring (bicyclic) bond motifs is 1. The molecule has 0 aliphatic carbocycles. The number of ether oxygens (including phenoxy) is 2. The van der Waals surface area contributed by atoms with Crippen molar-refractivity contribution in [2.75, 3.05) is 6.61 Å². The normalized spacial score (nSPS) is 27.0. The summed E-state index contributed by atoms with van der Waals surface area (Å²) < 4.78 is 11.1. The summed E-state index contributed by atoms with van der Waals surface area (Å²) in [7, 11) is 0. The van der Waals surface area contributed by atoms with Crippen LogP contribution in [0.2, 0.25) is 0 Å². The van der Waals surface area contributed by atoms with E-state index >= 15 is 0 Å². The maximum absolute atomic E-state index is 11.6. The molecule has 1 amide bonds. The monoisotopic (exact) mass is 296 g/mol. The predicted octanol–water partition coefficient (Wildman–Crippen LogP) is 2.20. The highest BCUT2D eigenvalue weighted by atomic mass is 16.6. The molecule has 0 radical (unpaired) electrons. The number of nitrogens with zero attached hydrogens (tertiary/aromatic N) is 1. The molecular formula is C15H24N2O4. The molecule has 0 aromatic carbocycles. The summed E-state index contributed by atoms with van der Waals surface area (Å²) in [4.78, 5) is 13.4. The molecule has 2 heterocycles. The van der Waals surface area contributed by atoms with Gasteiger partial charge in [-0.3, -0.25) is 9.69 Å². The molecule has 3 atom stereocenters. The number of aliphatic hydroxyl groups excluding tert-OH is 1. The van der Waals surface area contributed by atoms with Gasteiger partial charge in [-0.1, -0.05) is 20.3 Å². The van der Waals surface area contributed by atoms with Gasteiger partial charge in [0, 0.05) is 17.7 Å². The molecule has 1 fully saturated rings. The van der Waals surface area contributed by atoms with Crippen molar-refractivity contribution in [2.45, 2.75) is 53.0 Å². The molecule has 0 saturated carbocycles. The van der Waals surface area contributed by atoms with Gasteiger partial charge in [0.2, 0.25) is 11.8 Å². The van der Waals surface area contributed by atoms with Crippen molar-refractivity contribution in [2.24, 2.45) is 5.92 Å². The smallest absolute Gasteiger partial charge is 0.247 e. The first kappa shape index (κ1) is 15.7. The highest BCUT2D eigenvalue weighted by molar-refractivity contribution is 5.88. The molecule has 2 rings (SSSR count). The number of hydrogen-bond donors (Lipinski definition) is 2. The first-order valence-electron chi connectivity index (χ1n) is 7.49. The van der Waals surface area contributed by atoms with Gasteiger partial charge in [0.05, 0.1) is 6.61 Å². The molecule has 1 saturated heterocycles. The number of allylic oxidation sites excluding steroid dienone is 2. The fraction of sp³-hybridized carbons (Fsp3) is 0.667. The maximum atomic E-state index is 11.6. The van der Waals surface area contributed by atoms with Gasteiger partial charge in [0.25, 0.3) is 0 Å². The van der Waals surface area contributed by atoms with Crippen LogP contribution in [0.4, 0.5) is 0 Å². The van der Waals surface area contributed by atoms with Gasteiger partial charge in [-0.05, 0) is 20.3 Å². The van der Waals surface area contributed by atoms with Gasteiger partial charge in [-0.2, -0.15) is 0 Å². The number of nitrogens with one attached hydrogen (secondary N) is 1. The van der Waals surface area contributed by atoms with E-state index in [2.05, 4.69) is 12.2 Å². The van der Waals surface area contributed by atoms with Crippen molar-refractivity contribution in [3.05, 3.63) is 23.4 Å². The Kier molecular flexibility index (Phi) is 4.77. The Labute approximate surface area is 125 Å². The molecule has 118 valence electrons. The van der Waals surface area contributed by atoms with Gasteiger partial charge in [0.15, 0.2) is 18.2 Å². The minimum absolute atomic E-state index is 0.00605. The fourth-order valence-corrected chi connectivity index (χ4v) is 2.51. The highest BCUT2D eigenvalue weighted by Gasteiger charge is 2.49. The lowest BCUT2D eigenvalue weighted by atomic mass is 10.0. The van der Waals surface area contributed by atoms with Crippen molar-refractivity contribution >= 4 is 5.91 Å². The maximum Gasteiger partial charge on any atom is 0.247 e. The van der Waals surface area contributed by atoms with Crippen molar-refractivity contribution in [1.29, 1.82) is 0 Å². The van der Waals surface area contributed by atoms with Gasteiger partial charge in [0.1, 0.15) is 0 Å². The average molecular weight is 296 g/mol.